The van der Waals surface area contributed by atoms with Gasteiger partial charge in [-0.25, -0.2) is 4.98 Å². The van der Waals surface area contributed by atoms with Crippen LogP contribution >= 0.6 is 0 Å². The Kier molecular flexibility index (Phi) is 7.86. The Hall–Kier alpha value is -4.69. The molecular weight excluding hydrogens is 546 g/mol. The quantitative estimate of drug-likeness (QED) is 0.197. The number of likely N-dealkylation sites (N-methyl/N-ethyl adjacent to an activating group) is 1. The first-order chi connectivity index (χ1) is 21.1. The number of benzene rings is 2. The van der Waals surface area contributed by atoms with Gasteiger partial charge in [-0.15, -0.1) is 0 Å². The molecule has 1 amide bonds. The van der Waals surface area contributed by atoms with Crippen LogP contribution in [-0.2, 0) is 4.79 Å². The second kappa shape index (κ2) is 11.8. The first kappa shape index (κ1) is 29.4. The van der Waals surface area contributed by atoms with Gasteiger partial charge in [0, 0.05) is 77.6 Å². The summed E-state index contributed by atoms with van der Waals surface area (Å²) < 4.78 is 1.97. The van der Waals surface area contributed by atoms with E-state index >= 15 is 0 Å². The molecule has 0 bridgehead atoms. The van der Waals surface area contributed by atoms with E-state index in [1.165, 1.54) is 11.8 Å². The Morgan fingerprint density at radius 1 is 1.07 bits per heavy atom. The molecule has 44 heavy (non-hydrogen) atoms. The van der Waals surface area contributed by atoms with Gasteiger partial charge in [0.15, 0.2) is 0 Å². The highest BCUT2D eigenvalue weighted by molar-refractivity contribution is 6.07. The zero-order valence-electron chi connectivity index (χ0n) is 26.5. The number of fused-ring (bicyclic) bond motifs is 1. The van der Waals surface area contributed by atoms with Gasteiger partial charge in [0.05, 0.1) is 11.9 Å². The molecule has 3 aromatic heterocycles. The van der Waals surface area contributed by atoms with E-state index in [-0.39, 0.29) is 11.9 Å². The number of aryl methyl sites for hydroxylation is 2. The van der Waals surface area contributed by atoms with Crippen LogP contribution in [0, 0.1) is 13.8 Å². The Labute approximate surface area is 259 Å². The number of aromatic nitrogens is 4. The first-order valence-electron chi connectivity index (χ1n) is 15.3. The van der Waals surface area contributed by atoms with Crippen LogP contribution in [0.25, 0.3) is 44.5 Å². The number of aromatic amines is 1. The number of carbonyl (C=O) groups is 1. The lowest BCUT2D eigenvalue weighted by Gasteiger charge is -2.39. The van der Waals surface area contributed by atoms with Gasteiger partial charge in [-0.1, -0.05) is 30.8 Å². The molecule has 2 aromatic carbocycles. The summed E-state index contributed by atoms with van der Waals surface area (Å²) in [7, 11) is 2.19. The van der Waals surface area contributed by atoms with Gasteiger partial charge in [-0.2, -0.15) is 5.10 Å². The summed E-state index contributed by atoms with van der Waals surface area (Å²) in [6.07, 6.45) is 7.23. The van der Waals surface area contributed by atoms with E-state index in [0.717, 1.165) is 81.0 Å². The van der Waals surface area contributed by atoms with Crippen molar-refractivity contribution in [2.24, 2.45) is 0 Å². The molecular formula is C36H41N7O. The highest BCUT2D eigenvalue weighted by Gasteiger charge is 2.23. The molecule has 5 aromatic rings. The monoisotopic (exact) mass is 587 g/mol. The van der Waals surface area contributed by atoms with E-state index in [4.69, 9.17) is 4.98 Å². The number of nitrogens with one attached hydrogen (secondary N) is 2. The topological polar surface area (TPSA) is 82.1 Å². The van der Waals surface area contributed by atoms with E-state index < -0.39 is 0 Å². The minimum atomic E-state index is -0.236. The third-order valence-corrected chi connectivity index (χ3v) is 8.97. The summed E-state index contributed by atoms with van der Waals surface area (Å²) in [4.78, 5) is 25.7. The minimum absolute atomic E-state index is 0.236. The van der Waals surface area contributed by atoms with E-state index in [9.17, 15) is 4.79 Å². The summed E-state index contributed by atoms with van der Waals surface area (Å²) in [5.41, 5.74) is 11.1. The Balaban J connectivity index is 1.51. The van der Waals surface area contributed by atoms with E-state index in [1.807, 2.05) is 36.1 Å². The molecule has 6 rings (SSSR count). The van der Waals surface area contributed by atoms with Gasteiger partial charge in [-0.05, 0) is 88.2 Å². The second-order valence-electron chi connectivity index (χ2n) is 12.2. The minimum Gasteiger partial charge on any atom is -0.369 e. The number of hydrogen-bond donors (Lipinski definition) is 2. The predicted molar refractivity (Wildman–Crippen MR) is 181 cm³/mol. The van der Waals surface area contributed by atoms with Crippen molar-refractivity contribution in [1.82, 2.24) is 24.6 Å². The summed E-state index contributed by atoms with van der Waals surface area (Å²) in [6.45, 7) is 17.4. The van der Waals surface area contributed by atoms with Crippen LogP contribution in [0.2, 0.25) is 0 Å². The van der Waals surface area contributed by atoms with Crippen LogP contribution in [0.15, 0.2) is 73.7 Å². The van der Waals surface area contributed by atoms with Crippen molar-refractivity contribution in [3.05, 3.63) is 84.8 Å². The van der Waals surface area contributed by atoms with Crippen molar-refractivity contribution < 1.29 is 4.79 Å². The highest BCUT2D eigenvalue weighted by atomic mass is 16.1. The van der Waals surface area contributed by atoms with E-state index in [0.29, 0.717) is 6.04 Å². The van der Waals surface area contributed by atoms with Crippen molar-refractivity contribution in [3.8, 4) is 33.5 Å². The van der Waals surface area contributed by atoms with Crippen molar-refractivity contribution in [1.29, 1.82) is 0 Å². The standard InChI is InChI=1S/C36H41N7O/c1-8-32(44)39-31-17-27(10-9-23(31)4)34-33-25(6)30(28-18-38-43(21-28)22(2)3)19-37-36(33)40-35(34)26-11-13-29(14-12-26)42-16-15-41(7)24(5)20-42/h8-14,17-19,21-22,24H,1,15-16,20H2,2-7H3,(H,37,40)(H,39,44)/t24-/m1/s1. The average molecular weight is 588 g/mol. The van der Waals surface area contributed by atoms with Crippen molar-refractivity contribution in [2.45, 2.75) is 46.7 Å². The maximum atomic E-state index is 12.3. The van der Waals surface area contributed by atoms with Crippen LogP contribution in [0.3, 0.4) is 0 Å². The molecule has 226 valence electrons. The summed E-state index contributed by atoms with van der Waals surface area (Å²) in [6, 6.07) is 15.8. The number of amides is 1. The van der Waals surface area contributed by atoms with E-state index in [2.05, 4.69) is 103 Å². The molecule has 1 fully saturated rings. The Bertz CT molecular complexity index is 1850. The van der Waals surface area contributed by atoms with Gasteiger partial charge < -0.3 is 20.1 Å². The van der Waals surface area contributed by atoms with Crippen molar-refractivity contribution in [2.75, 3.05) is 36.9 Å². The van der Waals surface area contributed by atoms with Crippen molar-refractivity contribution >= 4 is 28.3 Å². The van der Waals surface area contributed by atoms with Gasteiger partial charge in [0.25, 0.3) is 0 Å². The lowest BCUT2D eigenvalue weighted by atomic mass is 9.93. The molecule has 0 spiro atoms. The molecule has 0 radical (unpaired) electrons. The van der Waals surface area contributed by atoms with Crippen LogP contribution < -0.4 is 10.2 Å². The van der Waals surface area contributed by atoms with Crippen LogP contribution in [0.4, 0.5) is 11.4 Å². The smallest absolute Gasteiger partial charge is 0.247 e. The van der Waals surface area contributed by atoms with Crippen LogP contribution in [-0.4, -0.2) is 63.3 Å². The maximum absolute atomic E-state index is 12.3. The number of carbonyl (C=O) groups excluding carboxylic acids is 1. The van der Waals surface area contributed by atoms with Crippen LogP contribution in [0.5, 0.6) is 0 Å². The molecule has 0 unspecified atom stereocenters. The SMILES string of the molecule is C=CC(=O)Nc1cc(-c2c(-c3ccc(N4CCN(C)[C@H](C)C4)cc3)[nH]c3ncc(-c4cnn(C(C)C)c4)c(C)c23)ccc1C. The third kappa shape index (κ3) is 5.42. The van der Waals surface area contributed by atoms with Gasteiger partial charge in [0.1, 0.15) is 5.65 Å². The Morgan fingerprint density at radius 2 is 1.82 bits per heavy atom. The fourth-order valence-electron chi connectivity index (χ4n) is 6.08. The number of nitrogens with zero attached hydrogens (tertiary/aromatic N) is 5. The number of pyridine rings is 1. The molecule has 4 heterocycles. The third-order valence-electron chi connectivity index (χ3n) is 8.97. The van der Waals surface area contributed by atoms with Gasteiger partial charge >= 0.3 is 0 Å². The van der Waals surface area contributed by atoms with Crippen LogP contribution in [0.1, 0.15) is 37.9 Å². The highest BCUT2D eigenvalue weighted by Crippen LogP contribution is 2.43. The van der Waals surface area contributed by atoms with E-state index in [1.54, 1.807) is 0 Å². The Morgan fingerprint density at radius 3 is 2.50 bits per heavy atom. The number of piperazine rings is 1. The molecule has 1 saturated heterocycles. The number of hydrogen-bond acceptors (Lipinski definition) is 5. The number of anilines is 2. The largest absolute Gasteiger partial charge is 0.369 e. The normalized spacial score (nSPS) is 15.7. The summed E-state index contributed by atoms with van der Waals surface area (Å²) >= 11 is 0. The van der Waals surface area contributed by atoms with Gasteiger partial charge in [0.2, 0.25) is 5.91 Å². The molecule has 0 aliphatic carbocycles. The zero-order chi connectivity index (χ0) is 31.1. The fourth-order valence-corrected chi connectivity index (χ4v) is 6.08. The fraction of sp³-hybridized carbons (Fsp3) is 0.306. The zero-order valence-corrected chi connectivity index (χ0v) is 26.5. The maximum Gasteiger partial charge on any atom is 0.247 e. The second-order valence-corrected chi connectivity index (χ2v) is 12.2. The van der Waals surface area contributed by atoms with Gasteiger partial charge in [-0.3, -0.25) is 9.48 Å². The number of rotatable bonds is 7. The molecule has 0 saturated carbocycles. The molecule has 1 aliphatic heterocycles. The molecule has 8 nitrogen and oxygen atoms in total. The van der Waals surface area contributed by atoms with Crippen molar-refractivity contribution in [3.63, 3.8) is 0 Å². The average Bonchev–Trinajstić information content (AvgIpc) is 3.66. The molecule has 1 atom stereocenters. The summed E-state index contributed by atoms with van der Waals surface area (Å²) in [5, 5.41) is 8.62. The summed E-state index contributed by atoms with van der Waals surface area (Å²) in [5.74, 6) is -0.236. The lowest BCUT2D eigenvalue weighted by Crippen LogP contribution is -2.50. The molecule has 2 N–H and O–H groups in total. The first-order valence-corrected chi connectivity index (χ1v) is 15.3. The predicted octanol–water partition coefficient (Wildman–Crippen LogP) is 7.22. The number of H-pyrrole nitrogens is 1. The molecule has 8 heteroatoms. The lowest BCUT2D eigenvalue weighted by molar-refractivity contribution is -0.111. The molecule has 1 aliphatic rings.